The molecular weight excluding hydrogens is 297 g/mol. The van der Waals surface area contributed by atoms with Gasteiger partial charge in [0.1, 0.15) is 6.04 Å². The molecule has 0 unspecified atom stereocenters. The van der Waals surface area contributed by atoms with Gasteiger partial charge in [-0.1, -0.05) is 38.1 Å². The van der Waals surface area contributed by atoms with Gasteiger partial charge in [0.05, 0.1) is 7.11 Å². The molecular formula is C16H24BNO5. The zero-order chi connectivity index (χ0) is 17.4. The summed E-state index contributed by atoms with van der Waals surface area (Å²) in [5.74, 6) is -0.848. The molecule has 1 aromatic rings. The highest BCUT2D eigenvalue weighted by Gasteiger charge is 2.23. The van der Waals surface area contributed by atoms with E-state index < -0.39 is 19.1 Å². The van der Waals surface area contributed by atoms with Gasteiger partial charge >= 0.3 is 13.1 Å². The van der Waals surface area contributed by atoms with Crippen LogP contribution in [0.4, 0.5) is 0 Å². The lowest BCUT2D eigenvalue weighted by Gasteiger charge is -2.18. The molecule has 0 aliphatic heterocycles. The van der Waals surface area contributed by atoms with Gasteiger partial charge in [0, 0.05) is 26.6 Å². The summed E-state index contributed by atoms with van der Waals surface area (Å²) in [5.41, 5.74) is 1.78. The van der Waals surface area contributed by atoms with Crippen molar-refractivity contribution in [1.82, 2.24) is 5.32 Å². The summed E-state index contributed by atoms with van der Waals surface area (Å²) in [7, 11) is 4.01. The fraction of sp³-hybridized carbons (Fsp3) is 0.500. The molecule has 0 aliphatic carbocycles. The predicted octanol–water partition coefficient (Wildman–Crippen LogP) is 0.531. The minimum Gasteiger partial charge on any atom is -0.467 e. The molecule has 1 atom stereocenters. The van der Waals surface area contributed by atoms with Crippen LogP contribution in [0.1, 0.15) is 19.4 Å². The maximum absolute atomic E-state index is 11.9. The minimum atomic E-state index is -0.707. The van der Waals surface area contributed by atoms with Crippen LogP contribution in [0, 0.1) is 5.92 Å². The first-order valence-corrected chi connectivity index (χ1v) is 7.45. The summed E-state index contributed by atoms with van der Waals surface area (Å²) < 4.78 is 15.1. The Kier molecular flexibility index (Phi) is 7.78. The van der Waals surface area contributed by atoms with Gasteiger partial charge < -0.3 is 19.4 Å². The highest BCUT2D eigenvalue weighted by atomic mass is 16.6. The Morgan fingerprint density at radius 1 is 1.09 bits per heavy atom. The monoisotopic (exact) mass is 321 g/mol. The summed E-state index contributed by atoms with van der Waals surface area (Å²) >= 11 is 0. The third-order valence-corrected chi connectivity index (χ3v) is 3.45. The molecule has 0 aromatic heterocycles. The first-order valence-electron chi connectivity index (χ1n) is 7.45. The molecule has 1 amide bonds. The van der Waals surface area contributed by atoms with Crippen molar-refractivity contribution in [3.63, 3.8) is 0 Å². The third-order valence-electron chi connectivity index (χ3n) is 3.45. The average molecular weight is 321 g/mol. The molecule has 0 heterocycles. The second kappa shape index (κ2) is 9.32. The van der Waals surface area contributed by atoms with E-state index in [4.69, 9.17) is 14.0 Å². The molecule has 7 heteroatoms. The normalized spacial score (nSPS) is 11.9. The Hall–Kier alpha value is -1.86. The van der Waals surface area contributed by atoms with Crippen LogP contribution in [0.15, 0.2) is 24.3 Å². The van der Waals surface area contributed by atoms with Crippen LogP contribution < -0.4 is 10.8 Å². The number of amides is 1. The summed E-state index contributed by atoms with van der Waals surface area (Å²) in [5, 5.41) is 2.71. The number of esters is 1. The van der Waals surface area contributed by atoms with Gasteiger partial charge in [0.25, 0.3) is 0 Å². The Morgan fingerprint density at radius 2 is 1.65 bits per heavy atom. The van der Waals surface area contributed by atoms with E-state index in [1.54, 1.807) is 28.1 Å². The van der Waals surface area contributed by atoms with E-state index in [0.29, 0.717) is 6.42 Å². The van der Waals surface area contributed by atoms with Gasteiger partial charge in [-0.05, 0) is 11.0 Å². The predicted molar refractivity (Wildman–Crippen MR) is 88.3 cm³/mol. The van der Waals surface area contributed by atoms with Crippen molar-refractivity contribution >= 4 is 24.5 Å². The molecule has 0 fully saturated rings. The van der Waals surface area contributed by atoms with Gasteiger partial charge in [-0.3, -0.25) is 4.79 Å². The third kappa shape index (κ3) is 5.69. The van der Waals surface area contributed by atoms with E-state index >= 15 is 0 Å². The minimum absolute atomic E-state index is 0.184. The van der Waals surface area contributed by atoms with Gasteiger partial charge in [-0.15, -0.1) is 0 Å². The lowest BCUT2D eigenvalue weighted by Crippen LogP contribution is -2.44. The van der Waals surface area contributed by atoms with Crippen LogP contribution in [0.5, 0.6) is 0 Å². The molecule has 23 heavy (non-hydrogen) atoms. The zero-order valence-electron chi connectivity index (χ0n) is 14.3. The Bertz CT molecular complexity index is 514. The molecule has 1 aromatic carbocycles. The van der Waals surface area contributed by atoms with Gasteiger partial charge in [0.15, 0.2) is 0 Å². The Labute approximate surface area is 137 Å². The van der Waals surface area contributed by atoms with Crippen LogP contribution in [0.25, 0.3) is 0 Å². The number of nitrogens with one attached hydrogen (secondary N) is 1. The fourth-order valence-electron chi connectivity index (χ4n) is 2.09. The molecule has 0 saturated heterocycles. The first-order chi connectivity index (χ1) is 10.9. The van der Waals surface area contributed by atoms with Crippen LogP contribution in [0.3, 0.4) is 0 Å². The fourth-order valence-corrected chi connectivity index (χ4v) is 2.09. The van der Waals surface area contributed by atoms with Gasteiger partial charge in [-0.2, -0.15) is 0 Å². The highest BCUT2D eigenvalue weighted by molar-refractivity contribution is 6.61. The number of carbonyl (C=O) groups is 2. The largest absolute Gasteiger partial charge is 0.493 e. The van der Waals surface area contributed by atoms with Crippen molar-refractivity contribution in [2.45, 2.75) is 26.3 Å². The Morgan fingerprint density at radius 3 is 2.09 bits per heavy atom. The molecule has 1 N–H and O–H groups in total. The molecule has 0 aliphatic rings. The molecule has 0 spiro atoms. The highest BCUT2D eigenvalue weighted by Crippen LogP contribution is 2.06. The Balaban J connectivity index is 2.83. The standard InChI is InChI=1S/C16H24BNO5/c1-11(2)15(19)18-14(16(20)21-3)10-12-6-8-13(9-7-12)17(22-4)23-5/h6-9,11,14H,10H2,1-5H3,(H,18,19)/t14-/m0/s1. The van der Waals surface area contributed by atoms with E-state index in [-0.39, 0.29) is 11.8 Å². The molecule has 0 saturated carbocycles. The second-order valence-corrected chi connectivity index (χ2v) is 5.49. The molecule has 1 rings (SSSR count). The van der Waals surface area contributed by atoms with E-state index in [9.17, 15) is 9.59 Å². The number of ether oxygens (including phenoxy) is 1. The summed E-state index contributed by atoms with van der Waals surface area (Å²) in [6.45, 7) is 3.54. The van der Waals surface area contributed by atoms with Crippen LogP contribution in [0.2, 0.25) is 0 Å². The summed E-state index contributed by atoms with van der Waals surface area (Å²) in [4.78, 5) is 23.7. The number of carbonyl (C=O) groups excluding carboxylic acids is 2. The number of benzene rings is 1. The van der Waals surface area contributed by atoms with E-state index in [2.05, 4.69) is 5.32 Å². The van der Waals surface area contributed by atoms with Crippen LogP contribution in [-0.2, 0) is 30.1 Å². The van der Waals surface area contributed by atoms with Crippen molar-refractivity contribution < 1.29 is 23.6 Å². The number of hydrogen-bond donors (Lipinski definition) is 1. The average Bonchev–Trinajstić information content (AvgIpc) is 2.55. The van der Waals surface area contributed by atoms with Crippen LogP contribution in [-0.4, -0.2) is 46.4 Å². The summed E-state index contributed by atoms with van der Waals surface area (Å²) in [6.07, 6.45) is 0.357. The van der Waals surface area contributed by atoms with E-state index in [1.165, 1.54) is 7.11 Å². The van der Waals surface area contributed by atoms with Crippen molar-refractivity contribution in [2.75, 3.05) is 21.3 Å². The van der Waals surface area contributed by atoms with Crippen molar-refractivity contribution in [1.29, 1.82) is 0 Å². The van der Waals surface area contributed by atoms with Crippen molar-refractivity contribution in [3.8, 4) is 0 Å². The lowest BCUT2D eigenvalue weighted by molar-refractivity contribution is -0.145. The number of methoxy groups -OCH3 is 1. The SMILES string of the molecule is COB(OC)c1ccc(C[C@H](NC(=O)C(C)C)C(=O)OC)cc1. The lowest BCUT2D eigenvalue weighted by atomic mass is 9.78. The quantitative estimate of drug-likeness (QED) is 0.558. The van der Waals surface area contributed by atoms with E-state index in [1.807, 2.05) is 24.3 Å². The second-order valence-electron chi connectivity index (χ2n) is 5.49. The smallest absolute Gasteiger partial charge is 0.467 e. The number of rotatable bonds is 8. The van der Waals surface area contributed by atoms with Crippen molar-refractivity contribution in [3.05, 3.63) is 29.8 Å². The van der Waals surface area contributed by atoms with E-state index in [0.717, 1.165) is 11.0 Å². The van der Waals surface area contributed by atoms with Gasteiger partial charge in [0.2, 0.25) is 5.91 Å². The molecule has 0 bridgehead atoms. The zero-order valence-corrected chi connectivity index (χ0v) is 14.3. The molecule has 126 valence electrons. The van der Waals surface area contributed by atoms with Crippen LogP contribution >= 0.6 is 0 Å². The maximum atomic E-state index is 11.9. The number of hydrogen-bond acceptors (Lipinski definition) is 5. The summed E-state index contributed by atoms with van der Waals surface area (Å²) in [6, 6.07) is 6.77. The topological polar surface area (TPSA) is 73.9 Å². The first kappa shape index (κ1) is 19.2. The van der Waals surface area contributed by atoms with Crippen molar-refractivity contribution in [2.24, 2.45) is 5.92 Å². The maximum Gasteiger partial charge on any atom is 0.493 e. The molecule has 6 nitrogen and oxygen atoms in total. The molecule has 0 radical (unpaired) electrons. The van der Waals surface area contributed by atoms with Gasteiger partial charge in [-0.25, -0.2) is 4.79 Å².